The Hall–Kier alpha value is 3.95. The third kappa shape index (κ3) is 31.4. The standard InChI is InChI=1S/H4O7P2.4Tl/c1-8(2,3)7-9(4,5)6;;;;/h(H2,1,2,3)(H2,4,5,6);;;;/q;4*+1/p-4. The van der Waals surface area contributed by atoms with Gasteiger partial charge in [0.15, 0.2) is 0 Å². The van der Waals surface area contributed by atoms with Crippen molar-refractivity contribution in [2.45, 2.75) is 0 Å². The molecule has 13 heavy (non-hydrogen) atoms. The predicted molar refractivity (Wildman–Crippen MR) is 39.3 cm³/mol. The Balaban J connectivity index is -0.0000000533. The van der Waals surface area contributed by atoms with Gasteiger partial charge in [-0.05, 0) is 0 Å². The van der Waals surface area contributed by atoms with Crippen LogP contribution in [0, 0.1) is 0 Å². The van der Waals surface area contributed by atoms with Crippen LogP contribution in [0.5, 0.6) is 0 Å². The molecule has 0 aliphatic heterocycles. The van der Waals surface area contributed by atoms with Gasteiger partial charge < -0.3 is 33.0 Å². The monoisotopic (exact) mass is 994 g/mol. The predicted octanol–water partition coefficient (Wildman–Crippen LogP) is -4.86. The van der Waals surface area contributed by atoms with E-state index in [-0.39, 0.29) is 109 Å². The van der Waals surface area contributed by atoms with Crippen molar-refractivity contribution < 1.29 is 33.0 Å². The molecule has 0 radical (unpaired) electrons. The molecule has 13 heteroatoms. The van der Waals surface area contributed by atoms with Gasteiger partial charge in [-0.3, -0.25) is 0 Å². The Kier molecular flexibility index (Phi) is 28.8. The van der Waals surface area contributed by atoms with Crippen LogP contribution in [0.25, 0.3) is 0 Å². The molecular weight excluding hydrogens is 991 g/mol. The molecule has 0 spiro atoms. The van der Waals surface area contributed by atoms with Crippen LogP contribution in [0.2, 0.25) is 0 Å². The molecule has 0 fully saturated rings. The van der Waals surface area contributed by atoms with Crippen LogP contribution in [0.4, 0.5) is 0 Å². The Bertz CT molecular complexity index is 159. The van der Waals surface area contributed by atoms with Gasteiger partial charge >= 0.3 is 109 Å². The van der Waals surface area contributed by atoms with Crippen LogP contribution in [-0.4, -0.2) is 109 Å². The van der Waals surface area contributed by atoms with E-state index in [1.165, 1.54) is 0 Å². The summed E-state index contributed by atoms with van der Waals surface area (Å²) in [6.07, 6.45) is 0. The van der Waals surface area contributed by atoms with E-state index in [0.717, 1.165) is 0 Å². The zero-order chi connectivity index (χ0) is 7.71. The van der Waals surface area contributed by atoms with Gasteiger partial charge in [-0.2, -0.15) is 0 Å². The maximum Gasteiger partial charge on any atom is 1.00 e. The van der Waals surface area contributed by atoms with Crippen molar-refractivity contribution in [1.29, 1.82) is 0 Å². The van der Waals surface area contributed by atoms with Crippen molar-refractivity contribution in [3.63, 3.8) is 0 Å². The second kappa shape index (κ2) is 12.4. The molecule has 0 rings (SSSR count). The molecule has 64 valence electrons. The fourth-order valence-electron chi connectivity index (χ4n) is 0.122. The molecule has 0 saturated carbocycles. The molecule has 0 aromatic rings. The van der Waals surface area contributed by atoms with Gasteiger partial charge in [0.25, 0.3) is 0 Å². The van der Waals surface area contributed by atoms with Crippen LogP contribution in [-0.2, 0) is 13.4 Å². The second-order valence-corrected chi connectivity index (χ2v) is 3.42. The average molecular weight is 991 g/mol. The Morgan fingerprint density at radius 1 is 0.692 bits per heavy atom. The summed E-state index contributed by atoms with van der Waals surface area (Å²) in [6, 6.07) is 0. The van der Waals surface area contributed by atoms with Gasteiger partial charge in [-0.25, -0.2) is 0 Å². The summed E-state index contributed by atoms with van der Waals surface area (Å²) in [5, 5.41) is 0. The third-order valence-corrected chi connectivity index (χ3v) is 1.80. The molecule has 0 aromatic heterocycles. The van der Waals surface area contributed by atoms with E-state index >= 15 is 0 Å². The smallest absolute Gasteiger partial charge is 0.790 e. The molecule has 0 saturated heterocycles. The van der Waals surface area contributed by atoms with Gasteiger partial charge in [-0.15, -0.1) is 0 Å². The molecule has 0 atom stereocenters. The molecule has 0 aliphatic carbocycles. The Morgan fingerprint density at radius 2 is 0.846 bits per heavy atom. The summed E-state index contributed by atoms with van der Waals surface area (Å²) in [4.78, 5) is 37.3. The van der Waals surface area contributed by atoms with Crippen LogP contribution in [0.3, 0.4) is 0 Å². The summed E-state index contributed by atoms with van der Waals surface area (Å²) < 4.78 is 21.2. The fraction of sp³-hybridized carbons (Fsp3) is 0. The minimum absolute atomic E-state index is 0. The minimum Gasteiger partial charge on any atom is -0.790 e. The van der Waals surface area contributed by atoms with E-state index in [1.807, 2.05) is 0 Å². The van der Waals surface area contributed by atoms with Gasteiger partial charge in [0.1, 0.15) is 0 Å². The van der Waals surface area contributed by atoms with Gasteiger partial charge in [0, 0.05) is 0 Å². The third-order valence-electron chi connectivity index (χ3n) is 0.200. The summed E-state index contributed by atoms with van der Waals surface area (Å²) in [7, 11) is -11.4. The maximum atomic E-state index is 9.32. The normalized spacial score (nSPS) is 9.54. The summed E-state index contributed by atoms with van der Waals surface area (Å²) >= 11 is 0. The number of phosphoric acid groups is 2. The van der Waals surface area contributed by atoms with Crippen LogP contribution < -0.4 is 19.6 Å². The van der Waals surface area contributed by atoms with E-state index < -0.39 is 15.6 Å². The first-order chi connectivity index (χ1) is 3.71. The SMILES string of the molecule is O=P([O-])([O-])OP(=O)([O-])[O-].[Tl+].[Tl+].[Tl+].[Tl+]. The molecule has 7 nitrogen and oxygen atoms in total. The number of hydrogen-bond acceptors (Lipinski definition) is 7. The van der Waals surface area contributed by atoms with Crippen LogP contribution in [0.15, 0.2) is 0 Å². The molecule has 0 aromatic carbocycles. The molecule has 0 aliphatic rings. The first kappa shape index (κ1) is 30.2. The molecular formula is O7P2Tl4. The van der Waals surface area contributed by atoms with Crippen LogP contribution in [0.1, 0.15) is 0 Å². The summed E-state index contributed by atoms with van der Waals surface area (Å²) in [5.74, 6) is 0. The maximum absolute atomic E-state index is 9.32. The van der Waals surface area contributed by atoms with Gasteiger partial charge in [-0.1, -0.05) is 0 Å². The van der Waals surface area contributed by atoms with Crippen molar-refractivity contribution in [3.05, 3.63) is 0 Å². The van der Waals surface area contributed by atoms with Gasteiger partial charge in [0.05, 0.1) is 15.6 Å². The fourth-order valence-corrected chi connectivity index (χ4v) is 1.10. The molecule has 0 bridgehead atoms. The number of rotatable bonds is 2. The first-order valence-corrected chi connectivity index (χ1v) is 4.38. The van der Waals surface area contributed by atoms with E-state index in [2.05, 4.69) is 4.31 Å². The van der Waals surface area contributed by atoms with E-state index in [9.17, 15) is 28.7 Å². The zero-order valence-electron chi connectivity index (χ0n) is 6.06. The quantitative estimate of drug-likeness (QED) is 0.200. The van der Waals surface area contributed by atoms with Crippen molar-refractivity contribution in [1.82, 2.24) is 0 Å². The molecule has 0 amide bonds. The second-order valence-electron chi connectivity index (χ2n) is 0.976. The summed E-state index contributed by atoms with van der Waals surface area (Å²) in [6.45, 7) is 0. The van der Waals surface area contributed by atoms with Crippen molar-refractivity contribution >= 4 is 125 Å². The van der Waals surface area contributed by atoms with Crippen molar-refractivity contribution in [2.75, 3.05) is 0 Å². The topological polar surface area (TPSA) is 136 Å². The van der Waals surface area contributed by atoms with Crippen LogP contribution >= 0.6 is 15.6 Å². The average Bonchev–Trinajstić information content (AvgIpc) is 1.14. The van der Waals surface area contributed by atoms with Crippen molar-refractivity contribution in [2.24, 2.45) is 0 Å². The minimum atomic E-state index is -5.68. The van der Waals surface area contributed by atoms with E-state index in [1.54, 1.807) is 0 Å². The molecule has 0 unspecified atom stereocenters. The molecule has 0 N–H and O–H groups in total. The van der Waals surface area contributed by atoms with Crippen molar-refractivity contribution in [3.8, 4) is 0 Å². The largest absolute Gasteiger partial charge is 1.00 e. The van der Waals surface area contributed by atoms with E-state index in [0.29, 0.717) is 0 Å². The van der Waals surface area contributed by atoms with Gasteiger partial charge in [0.2, 0.25) is 0 Å². The van der Waals surface area contributed by atoms with E-state index in [4.69, 9.17) is 0 Å². The molecule has 0 heterocycles. The summed E-state index contributed by atoms with van der Waals surface area (Å²) in [5.41, 5.74) is 0. The number of hydrogen-bond donors (Lipinski definition) is 0. The zero-order valence-corrected chi connectivity index (χ0v) is 25.8. The first-order valence-electron chi connectivity index (χ1n) is 1.46. The Morgan fingerprint density at radius 3 is 0.846 bits per heavy atom. The Labute approximate surface area is 155 Å².